The van der Waals surface area contributed by atoms with Crippen LogP contribution in [0, 0.1) is 5.92 Å². The van der Waals surface area contributed by atoms with E-state index in [1.165, 1.54) is 38.7 Å². The third kappa shape index (κ3) is 6.70. The van der Waals surface area contributed by atoms with Crippen LogP contribution in [0.15, 0.2) is 0 Å². The van der Waals surface area contributed by atoms with Crippen molar-refractivity contribution in [3.8, 4) is 0 Å². The van der Waals surface area contributed by atoms with E-state index in [1.54, 1.807) is 0 Å². The molecule has 2 aliphatic rings. The van der Waals surface area contributed by atoms with Crippen LogP contribution in [-0.2, 0) is 9.84 Å². The zero-order chi connectivity index (χ0) is 13.7. The predicted octanol–water partition coefficient (Wildman–Crippen LogP) is -0.352. The van der Waals surface area contributed by atoms with Gasteiger partial charge in [-0.25, -0.2) is 8.42 Å². The van der Waals surface area contributed by atoms with Crippen LogP contribution in [0.2, 0.25) is 0 Å². The average molecular weight is 289 g/mol. The minimum Gasteiger partial charge on any atom is -0.314 e. The highest BCUT2D eigenvalue weighted by molar-refractivity contribution is 7.90. The number of rotatable bonds is 8. The lowest BCUT2D eigenvalue weighted by atomic mass is 10.3. The van der Waals surface area contributed by atoms with E-state index in [-0.39, 0.29) is 5.75 Å². The van der Waals surface area contributed by atoms with Crippen LogP contribution in [-0.4, -0.2) is 82.6 Å². The molecule has 6 heteroatoms. The monoisotopic (exact) mass is 289 g/mol. The molecule has 0 spiro atoms. The maximum atomic E-state index is 11.0. The summed E-state index contributed by atoms with van der Waals surface area (Å²) in [6.07, 6.45) is 4.16. The van der Waals surface area contributed by atoms with E-state index in [0.717, 1.165) is 32.1 Å². The summed E-state index contributed by atoms with van der Waals surface area (Å²) in [4.78, 5) is 5.06. The molecule has 0 amide bonds. The number of piperazine rings is 1. The van der Waals surface area contributed by atoms with Crippen LogP contribution in [0.3, 0.4) is 0 Å². The molecule has 2 fully saturated rings. The molecular weight excluding hydrogens is 262 g/mol. The second-order valence-corrected chi connectivity index (χ2v) is 8.23. The fraction of sp³-hybridized carbons (Fsp3) is 1.00. The molecule has 0 aromatic heterocycles. The maximum Gasteiger partial charge on any atom is 0.148 e. The Kier molecular flexibility index (Phi) is 5.62. The van der Waals surface area contributed by atoms with E-state index in [4.69, 9.17) is 0 Å². The van der Waals surface area contributed by atoms with Crippen LogP contribution in [0.4, 0.5) is 0 Å². The fourth-order valence-electron chi connectivity index (χ4n) is 2.48. The normalized spacial score (nSPS) is 22.8. The Morgan fingerprint density at radius 2 is 1.68 bits per heavy atom. The third-order valence-corrected chi connectivity index (χ3v) is 4.88. The van der Waals surface area contributed by atoms with E-state index in [1.807, 2.05) is 0 Å². The minimum absolute atomic E-state index is 0.238. The van der Waals surface area contributed by atoms with Gasteiger partial charge in [-0.2, -0.15) is 0 Å². The van der Waals surface area contributed by atoms with Crippen LogP contribution in [0.25, 0.3) is 0 Å². The van der Waals surface area contributed by atoms with Gasteiger partial charge in [0.15, 0.2) is 0 Å². The van der Waals surface area contributed by atoms with Crippen molar-refractivity contribution in [3.05, 3.63) is 0 Å². The van der Waals surface area contributed by atoms with Gasteiger partial charge < -0.3 is 10.2 Å². The Bertz CT molecular complexity index is 360. The molecule has 0 unspecified atom stereocenters. The van der Waals surface area contributed by atoms with Gasteiger partial charge in [0, 0.05) is 58.6 Å². The highest BCUT2D eigenvalue weighted by Crippen LogP contribution is 2.29. The summed E-state index contributed by atoms with van der Waals surface area (Å²) in [5.74, 6) is 1.23. The third-order valence-electron chi connectivity index (χ3n) is 3.93. The average Bonchev–Trinajstić information content (AvgIpc) is 3.13. The molecule has 0 bridgehead atoms. The molecule has 19 heavy (non-hydrogen) atoms. The first kappa shape index (κ1) is 15.2. The summed E-state index contributed by atoms with van der Waals surface area (Å²) in [7, 11) is -2.83. The molecule has 1 saturated carbocycles. The summed E-state index contributed by atoms with van der Waals surface area (Å²) in [6, 6.07) is 0. The highest BCUT2D eigenvalue weighted by atomic mass is 32.2. The van der Waals surface area contributed by atoms with Crippen molar-refractivity contribution in [1.82, 2.24) is 15.1 Å². The molecule has 0 aromatic carbocycles. The quantitative estimate of drug-likeness (QED) is 0.619. The predicted molar refractivity (Wildman–Crippen MR) is 78.2 cm³/mol. The standard InChI is InChI=1S/C13H27N3O2S/c1-19(17,18)11-5-14-4-6-15-7-9-16(10-8-15)12-13-2-3-13/h13-14H,2-12H2,1H3. The lowest BCUT2D eigenvalue weighted by molar-refractivity contribution is 0.129. The van der Waals surface area contributed by atoms with Crippen LogP contribution in [0.5, 0.6) is 0 Å². The van der Waals surface area contributed by atoms with Gasteiger partial charge in [-0.1, -0.05) is 0 Å². The van der Waals surface area contributed by atoms with E-state index < -0.39 is 9.84 Å². The van der Waals surface area contributed by atoms with Crippen LogP contribution < -0.4 is 5.32 Å². The number of sulfone groups is 1. The summed E-state index contributed by atoms with van der Waals surface area (Å²) >= 11 is 0. The smallest absolute Gasteiger partial charge is 0.148 e. The van der Waals surface area contributed by atoms with Crippen molar-refractivity contribution in [2.75, 3.05) is 64.4 Å². The van der Waals surface area contributed by atoms with Gasteiger partial charge in [0.05, 0.1) is 5.75 Å². The first-order chi connectivity index (χ1) is 9.03. The Hall–Kier alpha value is -0.170. The van der Waals surface area contributed by atoms with Crippen LogP contribution in [0.1, 0.15) is 12.8 Å². The lowest BCUT2D eigenvalue weighted by Gasteiger charge is -2.34. The van der Waals surface area contributed by atoms with E-state index in [9.17, 15) is 8.42 Å². The minimum atomic E-state index is -2.83. The molecule has 5 nitrogen and oxygen atoms in total. The van der Waals surface area contributed by atoms with Gasteiger partial charge in [0.2, 0.25) is 0 Å². The maximum absolute atomic E-state index is 11.0. The van der Waals surface area contributed by atoms with Crippen molar-refractivity contribution >= 4 is 9.84 Å². The molecule has 1 N–H and O–H groups in total. The van der Waals surface area contributed by atoms with Crippen molar-refractivity contribution < 1.29 is 8.42 Å². The van der Waals surface area contributed by atoms with E-state index in [2.05, 4.69) is 15.1 Å². The molecule has 112 valence electrons. The summed E-state index contributed by atoms with van der Waals surface area (Å²) < 4.78 is 21.9. The second-order valence-electron chi connectivity index (χ2n) is 5.97. The first-order valence-corrected chi connectivity index (χ1v) is 9.42. The lowest BCUT2D eigenvalue weighted by Crippen LogP contribution is -2.48. The SMILES string of the molecule is CS(=O)(=O)CCNCCN1CCN(CC2CC2)CC1. The number of hydrogen-bond donors (Lipinski definition) is 1. The topological polar surface area (TPSA) is 52.7 Å². The van der Waals surface area contributed by atoms with Gasteiger partial charge in [-0.05, 0) is 18.8 Å². The summed E-state index contributed by atoms with van der Waals surface area (Å²) in [5.41, 5.74) is 0. The van der Waals surface area contributed by atoms with Crippen LogP contribution >= 0.6 is 0 Å². The zero-order valence-electron chi connectivity index (χ0n) is 12.0. The zero-order valence-corrected chi connectivity index (χ0v) is 12.8. The Balaban J connectivity index is 1.48. The summed E-state index contributed by atoms with van der Waals surface area (Å²) in [5, 5.41) is 3.21. The fourth-order valence-corrected chi connectivity index (χ4v) is 3.00. The number of nitrogens with zero attached hydrogens (tertiary/aromatic N) is 2. The highest BCUT2D eigenvalue weighted by Gasteiger charge is 2.26. The molecule has 1 aliphatic heterocycles. The van der Waals surface area contributed by atoms with Gasteiger partial charge in [-0.3, -0.25) is 4.90 Å². The first-order valence-electron chi connectivity index (χ1n) is 7.36. The second kappa shape index (κ2) is 7.02. The molecule has 0 atom stereocenters. The molecule has 1 aliphatic carbocycles. The Morgan fingerprint density at radius 3 is 2.26 bits per heavy atom. The van der Waals surface area contributed by atoms with Crippen molar-refractivity contribution in [1.29, 1.82) is 0 Å². The Morgan fingerprint density at radius 1 is 1.05 bits per heavy atom. The van der Waals surface area contributed by atoms with Crippen molar-refractivity contribution in [2.45, 2.75) is 12.8 Å². The van der Waals surface area contributed by atoms with Gasteiger partial charge in [-0.15, -0.1) is 0 Å². The van der Waals surface area contributed by atoms with E-state index >= 15 is 0 Å². The molecule has 0 radical (unpaired) electrons. The van der Waals surface area contributed by atoms with Crippen molar-refractivity contribution in [3.63, 3.8) is 0 Å². The van der Waals surface area contributed by atoms with Crippen molar-refractivity contribution in [2.24, 2.45) is 5.92 Å². The number of hydrogen-bond acceptors (Lipinski definition) is 5. The molecular formula is C13H27N3O2S. The molecule has 1 heterocycles. The molecule has 2 rings (SSSR count). The van der Waals surface area contributed by atoms with Gasteiger partial charge in [0.1, 0.15) is 9.84 Å². The van der Waals surface area contributed by atoms with Gasteiger partial charge in [0.25, 0.3) is 0 Å². The largest absolute Gasteiger partial charge is 0.314 e. The molecule has 1 saturated heterocycles. The molecule has 0 aromatic rings. The summed E-state index contributed by atoms with van der Waals surface area (Å²) in [6.45, 7) is 8.49. The van der Waals surface area contributed by atoms with Gasteiger partial charge >= 0.3 is 0 Å². The van der Waals surface area contributed by atoms with E-state index in [0.29, 0.717) is 6.54 Å². The number of nitrogens with one attached hydrogen (secondary N) is 1. The Labute approximate surface area is 117 Å².